The van der Waals surface area contributed by atoms with Gasteiger partial charge in [-0.3, -0.25) is 0 Å². The van der Waals surface area contributed by atoms with Crippen molar-refractivity contribution < 1.29 is 22.7 Å². The molecule has 116 valence electrons. The Morgan fingerprint density at radius 2 is 2.10 bits per heavy atom. The van der Waals surface area contributed by atoms with Crippen LogP contribution in [0.2, 0.25) is 5.02 Å². The van der Waals surface area contributed by atoms with E-state index in [1.54, 1.807) is 0 Å². The van der Waals surface area contributed by atoms with Gasteiger partial charge in [0, 0.05) is 11.6 Å². The highest BCUT2D eigenvalue weighted by atomic mass is 35.5. The number of halogens is 2. The highest BCUT2D eigenvalue weighted by Crippen LogP contribution is 2.51. The fourth-order valence-electron chi connectivity index (χ4n) is 2.13. The van der Waals surface area contributed by atoms with E-state index in [4.69, 9.17) is 16.7 Å². The maximum Gasteiger partial charge on any atom is 0.338 e. The van der Waals surface area contributed by atoms with Crippen LogP contribution in [0.25, 0.3) is 0 Å². The van der Waals surface area contributed by atoms with Crippen molar-refractivity contribution >= 4 is 27.6 Å². The average Bonchev–Trinajstić information content (AvgIpc) is 2.97. The fraction of sp³-hybridized carbons (Fsp3) is 0.462. The molecule has 1 aliphatic carbocycles. The van der Waals surface area contributed by atoms with Gasteiger partial charge in [0.2, 0.25) is 10.0 Å². The smallest absolute Gasteiger partial charge is 0.338 e. The van der Waals surface area contributed by atoms with Crippen molar-refractivity contribution in [3.63, 3.8) is 0 Å². The van der Waals surface area contributed by atoms with Crippen LogP contribution in [0.5, 0.6) is 0 Å². The lowest BCUT2D eigenvalue weighted by molar-refractivity contribution is 0.0691. The van der Waals surface area contributed by atoms with Crippen LogP contribution >= 0.6 is 11.6 Å². The summed E-state index contributed by atoms with van der Waals surface area (Å²) < 4.78 is 40.6. The zero-order chi connectivity index (χ0) is 16.0. The summed E-state index contributed by atoms with van der Waals surface area (Å²) in [5.41, 5.74) is -0.698. The first-order chi connectivity index (χ1) is 9.54. The molecule has 0 spiro atoms. The van der Waals surface area contributed by atoms with Crippen LogP contribution < -0.4 is 4.72 Å². The van der Waals surface area contributed by atoms with Crippen molar-refractivity contribution in [3.8, 4) is 0 Å². The molecule has 5 nitrogen and oxygen atoms in total. The molecule has 1 atom stereocenters. The van der Waals surface area contributed by atoms with Crippen LogP contribution in [-0.4, -0.2) is 26.0 Å². The van der Waals surface area contributed by atoms with Gasteiger partial charge < -0.3 is 5.11 Å². The highest BCUT2D eigenvalue weighted by molar-refractivity contribution is 7.89. The number of carbonyl (C=O) groups is 1. The minimum Gasteiger partial charge on any atom is -0.478 e. The van der Waals surface area contributed by atoms with E-state index in [1.165, 1.54) is 0 Å². The second-order valence-electron chi connectivity index (χ2n) is 5.81. The highest BCUT2D eigenvalue weighted by Gasteiger charge is 2.45. The molecule has 1 unspecified atom stereocenters. The molecule has 0 aromatic heterocycles. The minimum absolute atomic E-state index is 0.0711. The Balaban J connectivity index is 2.29. The van der Waals surface area contributed by atoms with Gasteiger partial charge in [0.25, 0.3) is 0 Å². The lowest BCUT2D eigenvalue weighted by Gasteiger charge is -2.10. The molecule has 2 rings (SSSR count). The summed E-state index contributed by atoms with van der Waals surface area (Å²) >= 11 is 5.67. The van der Waals surface area contributed by atoms with E-state index in [0.717, 1.165) is 18.6 Å². The molecule has 8 heteroatoms. The van der Waals surface area contributed by atoms with Crippen molar-refractivity contribution in [2.24, 2.45) is 11.3 Å². The van der Waals surface area contributed by atoms with Gasteiger partial charge in [0.15, 0.2) is 5.82 Å². The van der Waals surface area contributed by atoms with Crippen LogP contribution in [-0.2, 0) is 10.0 Å². The van der Waals surface area contributed by atoms with E-state index in [0.29, 0.717) is 0 Å². The summed E-state index contributed by atoms with van der Waals surface area (Å²) in [7, 11) is -4.15. The van der Waals surface area contributed by atoms with Crippen LogP contribution in [0.4, 0.5) is 4.39 Å². The molecule has 0 heterocycles. The van der Waals surface area contributed by atoms with Gasteiger partial charge in [-0.15, -0.1) is 0 Å². The van der Waals surface area contributed by atoms with Crippen LogP contribution in [0.3, 0.4) is 0 Å². The quantitative estimate of drug-likeness (QED) is 0.866. The van der Waals surface area contributed by atoms with Crippen LogP contribution in [0, 0.1) is 17.2 Å². The van der Waals surface area contributed by atoms with Gasteiger partial charge in [-0.1, -0.05) is 25.4 Å². The number of rotatable bonds is 5. The monoisotopic (exact) mass is 335 g/mol. The molecule has 0 radical (unpaired) electrons. The van der Waals surface area contributed by atoms with Crippen molar-refractivity contribution in [3.05, 3.63) is 28.5 Å². The molecule has 0 saturated heterocycles. The largest absolute Gasteiger partial charge is 0.478 e. The molecule has 1 aliphatic rings. The summed E-state index contributed by atoms with van der Waals surface area (Å²) in [4.78, 5) is 10.2. The van der Waals surface area contributed by atoms with E-state index >= 15 is 0 Å². The average molecular weight is 336 g/mol. The minimum atomic E-state index is -4.15. The van der Waals surface area contributed by atoms with Gasteiger partial charge in [0.05, 0.1) is 5.56 Å². The second kappa shape index (κ2) is 5.23. The number of aromatic carboxylic acids is 1. The molecule has 1 aromatic carbocycles. The molecular formula is C13H15ClFNO4S. The van der Waals surface area contributed by atoms with Crippen molar-refractivity contribution in [2.45, 2.75) is 25.2 Å². The number of hydrogen-bond acceptors (Lipinski definition) is 3. The SMILES string of the molecule is CC1(C)CC1CNS(=O)(=O)c1cc(Cl)cc(C(=O)O)c1F. The summed E-state index contributed by atoms with van der Waals surface area (Å²) in [6.45, 7) is 4.20. The molecule has 0 amide bonds. The topological polar surface area (TPSA) is 83.5 Å². The third-order valence-corrected chi connectivity index (χ3v) is 5.40. The lowest BCUT2D eigenvalue weighted by Crippen LogP contribution is -2.28. The Morgan fingerprint density at radius 1 is 1.52 bits per heavy atom. The zero-order valence-corrected chi connectivity index (χ0v) is 13.1. The Hall–Kier alpha value is -1.18. The van der Waals surface area contributed by atoms with Gasteiger partial charge >= 0.3 is 5.97 Å². The van der Waals surface area contributed by atoms with Crippen molar-refractivity contribution in [1.82, 2.24) is 4.72 Å². The van der Waals surface area contributed by atoms with Gasteiger partial charge in [-0.05, 0) is 29.9 Å². The number of nitrogens with one attached hydrogen (secondary N) is 1. The Kier molecular flexibility index (Phi) is 4.03. The van der Waals surface area contributed by atoms with Gasteiger partial charge in [0.1, 0.15) is 4.90 Å². The zero-order valence-electron chi connectivity index (χ0n) is 11.5. The number of sulfonamides is 1. The Labute approximate surface area is 127 Å². The number of carboxylic acids is 1. The lowest BCUT2D eigenvalue weighted by atomic mass is 10.1. The Bertz CT molecular complexity index is 702. The molecule has 21 heavy (non-hydrogen) atoms. The summed E-state index contributed by atoms with van der Waals surface area (Å²) in [6, 6.07) is 1.78. The van der Waals surface area contributed by atoms with Crippen molar-refractivity contribution in [2.75, 3.05) is 6.54 Å². The first-order valence-corrected chi connectivity index (χ1v) is 8.13. The fourth-order valence-corrected chi connectivity index (χ4v) is 3.62. The number of carboxylic acid groups (broad SMARTS) is 1. The molecule has 1 saturated carbocycles. The summed E-state index contributed by atoms with van der Waals surface area (Å²) in [5.74, 6) is -2.70. The maximum absolute atomic E-state index is 14.0. The van der Waals surface area contributed by atoms with Crippen LogP contribution in [0.15, 0.2) is 17.0 Å². The predicted octanol–water partition coefficient (Wildman–Crippen LogP) is 2.50. The van der Waals surface area contributed by atoms with Crippen LogP contribution in [0.1, 0.15) is 30.6 Å². The standard InChI is InChI=1S/C13H15ClFNO4S/c1-13(2)5-7(13)6-16-21(19,20)10-4-8(14)3-9(11(10)15)12(17)18/h3-4,7,16H,5-6H2,1-2H3,(H,17,18). The normalized spacial score (nSPS) is 20.3. The first-order valence-electron chi connectivity index (χ1n) is 6.26. The summed E-state index contributed by atoms with van der Waals surface area (Å²) in [5, 5.41) is 8.71. The number of hydrogen-bond donors (Lipinski definition) is 2. The molecular weight excluding hydrogens is 321 g/mol. The second-order valence-corrected chi connectivity index (χ2v) is 7.98. The maximum atomic E-state index is 14.0. The summed E-state index contributed by atoms with van der Waals surface area (Å²) in [6.07, 6.45) is 0.883. The van der Waals surface area contributed by atoms with E-state index in [9.17, 15) is 17.6 Å². The third-order valence-electron chi connectivity index (χ3n) is 3.76. The Morgan fingerprint density at radius 3 is 2.57 bits per heavy atom. The van der Waals surface area contributed by atoms with E-state index < -0.39 is 32.3 Å². The first kappa shape index (κ1) is 16.2. The number of benzene rings is 1. The van der Waals surface area contributed by atoms with E-state index in [2.05, 4.69) is 4.72 Å². The van der Waals surface area contributed by atoms with E-state index in [1.807, 2.05) is 13.8 Å². The van der Waals surface area contributed by atoms with Gasteiger partial charge in [-0.2, -0.15) is 0 Å². The molecule has 0 aliphatic heterocycles. The van der Waals surface area contributed by atoms with Gasteiger partial charge in [-0.25, -0.2) is 22.3 Å². The molecule has 1 aromatic rings. The predicted molar refractivity (Wildman–Crippen MR) is 75.4 cm³/mol. The third kappa shape index (κ3) is 3.36. The van der Waals surface area contributed by atoms with E-state index in [-0.39, 0.29) is 22.9 Å². The molecule has 1 fully saturated rings. The van der Waals surface area contributed by atoms with Crippen molar-refractivity contribution in [1.29, 1.82) is 0 Å². The molecule has 0 bridgehead atoms. The molecule has 2 N–H and O–H groups in total.